The number of benzene rings is 1. The summed E-state index contributed by atoms with van der Waals surface area (Å²) in [5.74, 6) is -0.497. The van der Waals surface area contributed by atoms with Gasteiger partial charge in [-0.1, -0.05) is 37.3 Å². The summed E-state index contributed by atoms with van der Waals surface area (Å²) in [6, 6.07) is 9.65. The molecule has 1 aliphatic heterocycles. The van der Waals surface area contributed by atoms with Crippen molar-refractivity contribution in [3.63, 3.8) is 0 Å². The third-order valence-electron chi connectivity index (χ3n) is 3.02. The molecule has 1 aromatic rings. The molecule has 3 atom stereocenters. The van der Waals surface area contributed by atoms with Crippen molar-refractivity contribution in [2.75, 3.05) is 6.61 Å². The molecule has 1 fully saturated rings. The smallest absolute Gasteiger partial charge is 0.336 e. The lowest BCUT2D eigenvalue weighted by atomic mass is 10.0. The minimum Gasteiger partial charge on any atom is -0.458 e. The average Bonchev–Trinajstić information content (AvgIpc) is 2.63. The Kier molecular flexibility index (Phi) is 3.76. The van der Waals surface area contributed by atoms with Crippen LogP contribution < -0.4 is 0 Å². The number of carbonyl (C=O) groups is 1. The maximum Gasteiger partial charge on any atom is 0.336 e. The Morgan fingerprint density at radius 3 is 2.65 bits per heavy atom. The van der Waals surface area contributed by atoms with Crippen LogP contribution in [0.2, 0.25) is 0 Å². The van der Waals surface area contributed by atoms with Gasteiger partial charge in [0.05, 0.1) is 13.2 Å². The van der Waals surface area contributed by atoms with Gasteiger partial charge in [-0.25, -0.2) is 4.79 Å². The van der Waals surface area contributed by atoms with Crippen molar-refractivity contribution in [1.29, 1.82) is 0 Å². The minimum absolute atomic E-state index is 0.115. The molecule has 1 heterocycles. The average molecular weight is 236 g/mol. The molecule has 0 amide bonds. The van der Waals surface area contributed by atoms with Crippen LogP contribution in [0.25, 0.3) is 0 Å². The molecular weight excluding hydrogens is 220 g/mol. The van der Waals surface area contributed by atoms with Crippen LogP contribution >= 0.6 is 0 Å². The fraction of sp³-hybridized carbons (Fsp3) is 0.462. The first kappa shape index (κ1) is 12.1. The number of aliphatic hydroxyl groups excluding tert-OH is 1. The van der Waals surface area contributed by atoms with Gasteiger partial charge in [0.2, 0.25) is 0 Å². The molecule has 0 spiro atoms. The van der Waals surface area contributed by atoms with E-state index in [0.29, 0.717) is 6.61 Å². The van der Waals surface area contributed by atoms with Crippen molar-refractivity contribution >= 4 is 5.97 Å². The molecule has 1 saturated heterocycles. The molecule has 1 N–H and O–H groups in total. The molecule has 0 saturated carbocycles. The predicted molar refractivity (Wildman–Crippen MR) is 61.1 cm³/mol. The fourth-order valence-corrected chi connectivity index (χ4v) is 1.92. The number of esters is 1. The summed E-state index contributed by atoms with van der Waals surface area (Å²) in [6.45, 7) is 2.07. The Morgan fingerprint density at radius 2 is 2.06 bits per heavy atom. The summed E-state index contributed by atoms with van der Waals surface area (Å²) in [4.78, 5) is 11.5. The molecular formula is C13H16O4. The topological polar surface area (TPSA) is 55.8 Å². The van der Waals surface area contributed by atoms with E-state index >= 15 is 0 Å². The first-order valence-electron chi connectivity index (χ1n) is 5.69. The summed E-state index contributed by atoms with van der Waals surface area (Å²) in [7, 11) is 0. The second-order valence-electron chi connectivity index (χ2n) is 4.23. The van der Waals surface area contributed by atoms with E-state index in [9.17, 15) is 4.79 Å². The number of hydrogen-bond acceptors (Lipinski definition) is 4. The zero-order valence-electron chi connectivity index (χ0n) is 9.70. The highest BCUT2D eigenvalue weighted by atomic mass is 16.6. The van der Waals surface area contributed by atoms with Crippen molar-refractivity contribution in [3.8, 4) is 0 Å². The molecule has 0 radical (unpaired) electrons. The molecule has 4 nitrogen and oxygen atoms in total. The van der Waals surface area contributed by atoms with Crippen LogP contribution in [-0.2, 0) is 20.9 Å². The van der Waals surface area contributed by atoms with Gasteiger partial charge in [-0.15, -0.1) is 0 Å². The number of carbonyl (C=O) groups excluding carboxylic acids is 1. The molecule has 0 aromatic heterocycles. The van der Waals surface area contributed by atoms with E-state index in [0.717, 1.165) is 5.56 Å². The number of cyclic esters (lactones) is 1. The second kappa shape index (κ2) is 5.29. The summed E-state index contributed by atoms with van der Waals surface area (Å²) in [5.41, 5.74) is 1.01. The highest BCUT2D eigenvalue weighted by Crippen LogP contribution is 2.25. The molecule has 1 aromatic carbocycles. The van der Waals surface area contributed by atoms with Gasteiger partial charge in [-0.05, 0) is 5.56 Å². The molecule has 4 heteroatoms. The van der Waals surface area contributed by atoms with E-state index in [1.807, 2.05) is 37.3 Å². The lowest BCUT2D eigenvalue weighted by Gasteiger charge is -2.14. The highest BCUT2D eigenvalue weighted by Gasteiger charge is 2.42. The molecule has 92 valence electrons. The van der Waals surface area contributed by atoms with Gasteiger partial charge < -0.3 is 14.6 Å². The maximum absolute atomic E-state index is 11.5. The van der Waals surface area contributed by atoms with E-state index < -0.39 is 12.2 Å². The van der Waals surface area contributed by atoms with Crippen molar-refractivity contribution in [3.05, 3.63) is 35.9 Å². The standard InChI is InChI=1S/C13H16O4/c1-9-11(7-14)17-13(15)12(9)16-8-10-5-3-2-4-6-10/h2-6,9,11-12,14H,7-8H2,1H3/t9-,11+,12+/m0/s1. The van der Waals surface area contributed by atoms with E-state index in [4.69, 9.17) is 14.6 Å². The van der Waals surface area contributed by atoms with Crippen molar-refractivity contribution in [2.45, 2.75) is 25.7 Å². The number of rotatable bonds is 4. The number of aliphatic hydroxyl groups is 1. The van der Waals surface area contributed by atoms with Crippen LogP contribution in [0, 0.1) is 5.92 Å². The monoisotopic (exact) mass is 236 g/mol. The Morgan fingerprint density at radius 1 is 1.35 bits per heavy atom. The Bertz CT molecular complexity index is 376. The predicted octanol–water partition coefficient (Wildman–Crippen LogP) is 1.13. The summed E-state index contributed by atoms with van der Waals surface area (Å²) < 4.78 is 10.6. The number of hydrogen-bond donors (Lipinski definition) is 1. The summed E-state index contributed by atoms with van der Waals surface area (Å²) in [5, 5.41) is 9.02. The molecule has 1 aliphatic rings. The zero-order valence-corrected chi connectivity index (χ0v) is 9.70. The molecule has 2 rings (SSSR count). The normalized spacial score (nSPS) is 28.1. The summed E-state index contributed by atoms with van der Waals surface area (Å²) >= 11 is 0. The van der Waals surface area contributed by atoms with Gasteiger partial charge in [0, 0.05) is 5.92 Å². The van der Waals surface area contributed by atoms with Gasteiger partial charge in [-0.3, -0.25) is 0 Å². The van der Waals surface area contributed by atoms with Crippen LogP contribution in [-0.4, -0.2) is 29.9 Å². The SMILES string of the molecule is C[C@H]1[C@@H](CO)OC(=O)[C@@H]1OCc1ccccc1. The summed E-state index contributed by atoms with van der Waals surface area (Å²) in [6.07, 6.45) is -1.02. The van der Waals surface area contributed by atoms with Gasteiger partial charge >= 0.3 is 5.97 Å². The van der Waals surface area contributed by atoms with E-state index in [1.165, 1.54) is 0 Å². The van der Waals surface area contributed by atoms with Crippen molar-refractivity contribution in [1.82, 2.24) is 0 Å². The molecule has 0 unspecified atom stereocenters. The highest BCUT2D eigenvalue weighted by molar-refractivity contribution is 5.77. The van der Waals surface area contributed by atoms with Crippen molar-refractivity contribution < 1.29 is 19.4 Å². The van der Waals surface area contributed by atoms with Crippen LogP contribution in [0.3, 0.4) is 0 Å². The molecule has 17 heavy (non-hydrogen) atoms. The van der Waals surface area contributed by atoms with Crippen LogP contribution in [0.5, 0.6) is 0 Å². The first-order valence-corrected chi connectivity index (χ1v) is 5.69. The fourth-order valence-electron chi connectivity index (χ4n) is 1.92. The Balaban J connectivity index is 1.93. The third kappa shape index (κ3) is 2.65. The third-order valence-corrected chi connectivity index (χ3v) is 3.02. The second-order valence-corrected chi connectivity index (χ2v) is 4.23. The first-order chi connectivity index (χ1) is 8.22. The van der Waals surface area contributed by atoms with E-state index in [2.05, 4.69) is 0 Å². The molecule has 0 bridgehead atoms. The minimum atomic E-state index is -0.577. The maximum atomic E-state index is 11.5. The molecule has 0 aliphatic carbocycles. The Labute approximate surface area is 100 Å². The van der Waals surface area contributed by atoms with Crippen LogP contribution in [0.15, 0.2) is 30.3 Å². The van der Waals surface area contributed by atoms with Gasteiger partial charge in [-0.2, -0.15) is 0 Å². The van der Waals surface area contributed by atoms with Gasteiger partial charge in [0.25, 0.3) is 0 Å². The largest absolute Gasteiger partial charge is 0.458 e. The van der Waals surface area contributed by atoms with Gasteiger partial charge in [0.15, 0.2) is 6.10 Å². The van der Waals surface area contributed by atoms with Gasteiger partial charge in [0.1, 0.15) is 6.10 Å². The van der Waals surface area contributed by atoms with Crippen LogP contribution in [0.4, 0.5) is 0 Å². The van der Waals surface area contributed by atoms with Crippen LogP contribution in [0.1, 0.15) is 12.5 Å². The number of ether oxygens (including phenoxy) is 2. The van der Waals surface area contributed by atoms with Crippen molar-refractivity contribution in [2.24, 2.45) is 5.92 Å². The van der Waals surface area contributed by atoms with E-state index in [-0.39, 0.29) is 18.5 Å². The Hall–Kier alpha value is -1.39. The quantitative estimate of drug-likeness (QED) is 0.796. The zero-order chi connectivity index (χ0) is 12.3. The van der Waals surface area contributed by atoms with E-state index in [1.54, 1.807) is 0 Å². The lowest BCUT2D eigenvalue weighted by Crippen LogP contribution is -2.27. The lowest BCUT2D eigenvalue weighted by molar-refractivity contribution is -0.151.